The molecule has 0 bridgehead atoms. The second-order valence-electron chi connectivity index (χ2n) is 4.27. The van der Waals surface area contributed by atoms with Gasteiger partial charge in [0, 0.05) is 16.2 Å². The van der Waals surface area contributed by atoms with Crippen molar-refractivity contribution in [3.8, 4) is 11.3 Å². The Bertz CT molecular complexity index is 922. The summed E-state index contributed by atoms with van der Waals surface area (Å²) in [5.41, 5.74) is 2.34. The number of halogens is 1. The number of aromatic nitrogens is 3. The molecule has 8 heteroatoms. The maximum atomic E-state index is 11.4. The van der Waals surface area contributed by atoms with Crippen LogP contribution in [0.5, 0.6) is 0 Å². The Balaban J connectivity index is 2.21. The fraction of sp³-hybridized carbons (Fsp3) is 0.0769. The summed E-state index contributed by atoms with van der Waals surface area (Å²) in [6.45, 7) is 0. The van der Waals surface area contributed by atoms with E-state index >= 15 is 0 Å². The van der Waals surface area contributed by atoms with E-state index in [-0.39, 0.29) is 4.90 Å². The highest BCUT2D eigenvalue weighted by Gasteiger charge is 2.13. The lowest BCUT2D eigenvalue weighted by atomic mass is 10.2. The molecule has 0 fully saturated rings. The van der Waals surface area contributed by atoms with Crippen molar-refractivity contribution in [1.82, 2.24) is 14.6 Å². The molecule has 0 N–H and O–H groups in total. The zero-order valence-corrected chi connectivity index (χ0v) is 13.3. The van der Waals surface area contributed by atoms with Crippen LogP contribution in [0.4, 0.5) is 0 Å². The summed E-state index contributed by atoms with van der Waals surface area (Å²) >= 11 is 1.44. The highest BCUT2D eigenvalue weighted by atomic mass is 35.7. The first kappa shape index (κ1) is 14.4. The van der Waals surface area contributed by atoms with Crippen molar-refractivity contribution in [3.05, 3.63) is 42.6 Å². The largest absolute Gasteiger partial charge is 0.261 e. The molecule has 108 valence electrons. The molecule has 0 radical (unpaired) electrons. The Labute approximate surface area is 130 Å². The molecule has 0 aliphatic heterocycles. The number of rotatable bonds is 3. The highest BCUT2D eigenvalue weighted by Crippen LogP contribution is 2.26. The van der Waals surface area contributed by atoms with Crippen molar-refractivity contribution >= 4 is 37.0 Å². The number of hydrogen-bond acceptors (Lipinski definition) is 5. The van der Waals surface area contributed by atoms with Crippen LogP contribution in [-0.2, 0) is 9.05 Å². The lowest BCUT2D eigenvalue weighted by Gasteiger charge is -2.04. The van der Waals surface area contributed by atoms with Crippen molar-refractivity contribution in [1.29, 1.82) is 0 Å². The Morgan fingerprint density at radius 1 is 1.24 bits per heavy atom. The fourth-order valence-electron chi connectivity index (χ4n) is 2.01. The van der Waals surface area contributed by atoms with E-state index in [2.05, 4.69) is 10.1 Å². The van der Waals surface area contributed by atoms with Gasteiger partial charge in [-0.15, -0.1) is 5.10 Å². The number of nitrogens with zero attached hydrogens (tertiary/aromatic N) is 3. The molecular weight excluding hydrogens is 330 g/mol. The second kappa shape index (κ2) is 5.32. The Morgan fingerprint density at radius 3 is 2.76 bits per heavy atom. The van der Waals surface area contributed by atoms with Gasteiger partial charge in [-0.05, 0) is 30.5 Å². The monoisotopic (exact) mass is 339 g/mol. The summed E-state index contributed by atoms with van der Waals surface area (Å²) in [5, 5.41) is 5.05. The Hall–Kier alpha value is -1.57. The molecule has 21 heavy (non-hydrogen) atoms. The van der Waals surface area contributed by atoms with Gasteiger partial charge in [-0.1, -0.05) is 23.9 Å². The van der Waals surface area contributed by atoms with E-state index in [1.165, 1.54) is 23.9 Å². The minimum Gasteiger partial charge on any atom is -0.229 e. The van der Waals surface area contributed by atoms with Gasteiger partial charge in [0.1, 0.15) is 0 Å². The molecule has 0 atom stereocenters. The third kappa shape index (κ3) is 2.76. The fourth-order valence-corrected chi connectivity index (χ4v) is 3.12. The molecule has 2 heterocycles. The molecule has 3 rings (SSSR count). The van der Waals surface area contributed by atoms with Crippen molar-refractivity contribution in [2.45, 2.75) is 10.1 Å². The average Bonchev–Trinajstić information content (AvgIpc) is 2.89. The summed E-state index contributed by atoms with van der Waals surface area (Å²) in [4.78, 5) is 4.27. The van der Waals surface area contributed by atoms with Crippen LogP contribution in [0.15, 0.2) is 52.6 Å². The molecule has 3 aromatic rings. The molecule has 0 unspecified atom stereocenters. The van der Waals surface area contributed by atoms with Crippen LogP contribution >= 0.6 is 22.4 Å². The molecular formula is C13H10ClN3O2S2. The second-order valence-corrected chi connectivity index (χ2v) is 7.61. The smallest absolute Gasteiger partial charge is 0.229 e. The van der Waals surface area contributed by atoms with Crippen LogP contribution in [0, 0.1) is 0 Å². The first-order valence-corrected chi connectivity index (χ1v) is 9.46. The van der Waals surface area contributed by atoms with E-state index < -0.39 is 9.05 Å². The number of thioether (sulfide) groups is 1. The Kier molecular flexibility index (Phi) is 3.64. The molecule has 0 aliphatic rings. The summed E-state index contributed by atoms with van der Waals surface area (Å²) in [5.74, 6) is 0. The quantitative estimate of drug-likeness (QED) is 0.542. The predicted molar refractivity (Wildman–Crippen MR) is 83.2 cm³/mol. The molecule has 0 spiro atoms. The first-order valence-electron chi connectivity index (χ1n) is 5.93. The van der Waals surface area contributed by atoms with E-state index in [4.69, 9.17) is 10.7 Å². The van der Waals surface area contributed by atoms with E-state index in [0.29, 0.717) is 5.16 Å². The van der Waals surface area contributed by atoms with Crippen LogP contribution in [0.3, 0.4) is 0 Å². The van der Waals surface area contributed by atoms with Crippen LogP contribution < -0.4 is 0 Å². The zero-order chi connectivity index (χ0) is 15.0. The predicted octanol–water partition coefficient (Wildman–Crippen LogP) is 3.05. The van der Waals surface area contributed by atoms with Gasteiger partial charge in [0.05, 0.1) is 22.3 Å². The summed E-state index contributed by atoms with van der Waals surface area (Å²) in [6, 6.07) is 10.2. The van der Waals surface area contributed by atoms with Gasteiger partial charge in [0.2, 0.25) is 5.16 Å². The van der Waals surface area contributed by atoms with Gasteiger partial charge in [-0.2, -0.15) is 0 Å². The van der Waals surface area contributed by atoms with Crippen molar-refractivity contribution in [3.63, 3.8) is 0 Å². The lowest BCUT2D eigenvalue weighted by Crippen LogP contribution is -1.98. The van der Waals surface area contributed by atoms with E-state index in [9.17, 15) is 8.42 Å². The van der Waals surface area contributed by atoms with Gasteiger partial charge < -0.3 is 0 Å². The molecule has 0 saturated carbocycles. The maximum absolute atomic E-state index is 11.4. The van der Waals surface area contributed by atoms with Gasteiger partial charge in [0.25, 0.3) is 9.05 Å². The topological polar surface area (TPSA) is 64.3 Å². The van der Waals surface area contributed by atoms with Crippen molar-refractivity contribution in [2.24, 2.45) is 0 Å². The Morgan fingerprint density at radius 2 is 2.05 bits per heavy atom. The molecule has 5 nitrogen and oxygen atoms in total. The van der Waals surface area contributed by atoms with Crippen LogP contribution in [0.2, 0.25) is 0 Å². The van der Waals surface area contributed by atoms with Gasteiger partial charge in [0.15, 0.2) is 0 Å². The SMILES string of the molecule is CSc1ncc2ccc(-c3cccc(S(=O)(=O)Cl)c3)n2n1. The molecule has 0 amide bonds. The summed E-state index contributed by atoms with van der Waals surface area (Å²) in [7, 11) is 1.64. The summed E-state index contributed by atoms with van der Waals surface area (Å²) < 4.78 is 24.6. The minimum atomic E-state index is -3.76. The lowest BCUT2D eigenvalue weighted by molar-refractivity contribution is 0.609. The number of fused-ring (bicyclic) bond motifs is 1. The zero-order valence-electron chi connectivity index (χ0n) is 10.9. The third-order valence-electron chi connectivity index (χ3n) is 2.97. The third-order valence-corrected chi connectivity index (χ3v) is 4.88. The molecule has 2 aromatic heterocycles. The average molecular weight is 340 g/mol. The van der Waals surface area contributed by atoms with Gasteiger partial charge in [-0.3, -0.25) is 0 Å². The standard InChI is InChI=1S/C13H10ClN3O2S2/c1-20-13-15-8-10-5-6-12(17(10)16-13)9-3-2-4-11(7-9)21(14,18)19/h2-8H,1H3. The van der Waals surface area contributed by atoms with Crippen LogP contribution in [0.1, 0.15) is 0 Å². The first-order chi connectivity index (χ1) is 9.99. The normalized spacial score (nSPS) is 11.9. The van der Waals surface area contributed by atoms with Crippen LogP contribution in [-0.4, -0.2) is 29.3 Å². The number of hydrogen-bond donors (Lipinski definition) is 0. The van der Waals surface area contributed by atoms with E-state index in [1.807, 2.05) is 24.5 Å². The molecule has 1 aromatic carbocycles. The summed E-state index contributed by atoms with van der Waals surface area (Å²) in [6.07, 6.45) is 3.62. The van der Waals surface area contributed by atoms with Crippen molar-refractivity contribution in [2.75, 3.05) is 6.26 Å². The van der Waals surface area contributed by atoms with Crippen molar-refractivity contribution < 1.29 is 8.42 Å². The van der Waals surface area contributed by atoms with E-state index in [0.717, 1.165) is 16.8 Å². The van der Waals surface area contributed by atoms with Crippen LogP contribution in [0.25, 0.3) is 16.8 Å². The maximum Gasteiger partial charge on any atom is 0.261 e. The molecule has 0 aliphatic carbocycles. The van der Waals surface area contributed by atoms with Gasteiger partial charge >= 0.3 is 0 Å². The van der Waals surface area contributed by atoms with Gasteiger partial charge in [-0.25, -0.2) is 17.9 Å². The number of benzene rings is 1. The minimum absolute atomic E-state index is 0.0655. The highest BCUT2D eigenvalue weighted by molar-refractivity contribution is 8.13. The van der Waals surface area contributed by atoms with E-state index in [1.54, 1.807) is 16.8 Å². The molecule has 0 saturated heterocycles.